The summed E-state index contributed by atoms with van der Waals surface area (Å²) >= 11 is 0. The normalized spacial score (nSPS) is 17.0. The standard InChI is InChI=1S/C17H28N2/c1-3-18-13-15-9-11-16(12-10-15)14-19(2)17-7-5-4-6-8-17/h9-12,17-18H,3-8,13-14H2,1-2H3. The van der Waals surface area contributed by atoms with Crippen molar-refractivity contribution in [1.29, 1.82) is 0 Å². The third kappa shape index (κ3) is 4.63. The lowest BCUT2D eigenvalue weighted by atomic mass is 9.94. The van der Waals surface area contributed by atoms with E-state index in [2.05, 4.69) is 48.5 Å². The maximum Gasteiger partial charge on any atom is 0.0233 e. The van der Waals surface area contributed by atoms with Crippen molar-refractivity contribution >= 4 is 0 Å². The molecule has 0 bridgehead atoms. The van der Waals surface area contributed by atoms with Crippen LogP contribution in [0.3, 0.4) is 0 Å². The van der Waals surface area contributed by atoms with E-state index in [1.54, 1.807) is 0 Å². The number of hydrogen-bond donors (Lipinski definition) is 1. The molecule has 1 aromatic rings. The largest absolute Gasteiger partial charge is 0.313 e. The van der Waals surface area contributed by atoms with Crippen LogP contribution in [-0.2, 0) is 13.1 Å². The van der Waals surface area contributed by atoms with E-state index in [0.717, 1.165) is 25.7 Å². The average molecular weight is 260 g/mol. The summed E-state index contributed by atoms with van der Waals surface area (Å²) in [5, 5.41) is 3.37. The molecule has 2 heteroatoms. The predicted octanol–water partition coefficient (Wildman–Crippen LogP) is 3.56. The van der Waals surface area contributed by atoms with Crippen LogP contribution in [0.5, 0.6) is 0 Å². The van der Waals surface area contributed by atoms with Gasteiger partial charge < -0.3 is 5.32 Å². The molecule has 0 unspecified atom stereocenters. The Bertz CT molecular complexity index is 352. The molecule has 2 rings (SSSR count). The second-order valence-corrected chi connectivity index (χ2v) is 5.80. The predicted molar refractivity (Wildman–Crippen MR) is 82.2 cm³/mol. The topological polar surface area (TPSA) is 15.3 Å². The summed E-state index contributed by atoms with van der Waals surface area (Å²) in [5.41, 5.74) is 2.82. The fourth-order valence-corrected chi connectivity index (χ4v) is 2.97. The highest BCUT2D eigenvalue weighted by molar-refractivity contribution is 5.22. The van der Waals surface area contributed by atoms with Gasteiger partial charge in [-0.3, -0.25) is 4.90 Å². The molecular weight excluding hydrogens is 232 g/mol. The van der Waals surface area contributed by atoms with Gasteiger partial charge in [-0.25, -0.2) is 0 Å². The van der Waals surface area contributed by atoms with Crippen LogP contribution in [-0.4, -0.2) is 24.5 Å². The van der Waals surface area contributed by atoms with Gasteiger partial charge in [0, 0.05) is 19.1 Å². The number of rotatable bonds is 6. The highest BCUT2D eigenvalue weighted by Crippen LogP contribution is 2.22. The second kappa shape index (κ2) is 7.66. The molecule has 106 valence electrons. The summed E-state index contributed by atoms with van der Waals surface area (Å²) in [6.45, 7) is 5.25. The molecule has 0 saturated heterocycles. The van der Waals surface area contributed by atoms with Crippen molar-refractivity contribution in [3.8, 4) is 0 Å². The monoisotopic (exact) mass is 260 g/mol. The van der Waals surface area contributed by atoms with Crippen LogP contribution < -0.4 is 5.32 Å². The van der Waals surface area contributed by atoms with Gasteiger partial charge in [-0.05, 0) is 37.6 Å². The number of hydrogen-bond acceptors (Lipinski definition) is 2. The van der Waals surface area contributed by atoms with Crippen LogP contribution in [0, 0.1) is 0 Å². The quantitative estimate of drug-likeness (QED) is 0.841. The summed E-state index contributed by atoms with van der Waals surface area (Å²) in [5.74, 6) is 0. The minimum atomic E-state index is 0.801. The fourth-order valence-electron chi connectivity index (χ4n) is 2.97. The maximum absolute atomic E-state index is 3.37. The molecule has 0 atom stereocenters. The van der Waals surface area contributed by atoms with Crippen molar-refractivity contribution in [3.63, 3.8) is 0 Å². The van der Waals surface area contributed by atoms with Crippen LogP contribution in [0.4, 0.5) is 0 Å². The van der Waals surface area contributed by atoms with E-state index in [-0.39, 0.29) is 0 Å². The Morgan fingerprint density at radius 1 is 1.05 bits per heavy atom. The molecule has 1 saturated carbocycles. The van der Waals surface area contributed by atoms with Crippen LogP contribution in [0.1, 0.15) is 50.2 Å². The van der Waals surface area contributed by atoms with Crippen molar-refractivity contribution in [1.82, 2.24) is 10.2 Å². The first-order valence-corrected chi connectivity index (χ1v) is 7.78. The third-order valence-corrected chi connectivity index (χ3v) is 4.23. The van der Waals surface area contributed by atoms with Crippen LogP contribution in [0.2, 0.25) is 0 Å². The summed E-state index contributed by atoms with van der Waals surface area (Å²) in [4.78, 5) is 2.54. The van der Waals surface area contributed by atoms with Gasteiger partial charge in [0.1, 0.15) is 0 Å². The molecule has 19 heavy (non-hydrogen) atoms. The van der Waals surface area contributed by atoms with Gasteiger partial charge in [-0.2, -0.15) is 0 Å². The molecule has 1 N–H and O–H groups in total. The van der Waals surface area contributed by atoms with Crippen LogP contribution in [0.25, 0.3) is 0 Å². The minimum absolute atomic E-state index is 0.801. The molecular formula is C17H28N2. The van der Waals surface area contributed by atoms with Gasteiger partial charge in [0.15, 0.2) is 0 Å². The van der Waals surface area contributed by atoms with Crippen molar-refractivity contribution in [3.05, 3.63) is 35.4 Å². The Labute approximate surface area is 118 Å². The first kappa shape index (κ1) is 14.5. The second-order valence-electron chi connectivity index (χ2n) is 5.80. The van der Waals surface area contributed by atoms with Crippen LogP contribution >= 0.6 is 0 Å². The first-order chi connectivity index (χ1) is 9.29. The lowest BCUT2D eigenvalue weighted by molar-refractivity contribution is 0.184. The molecule has 1 aliphatic carbocycles. The van der Waals surface area contributed by atoms with Gasteiger partial charge in [-0.15, -0.1) is 0 Å². The maximum atomic E-state index is 3.37. The van der Waals surface area contributed by atoms with Gasteiger partial charge >= 0.3 is 0 Å². The molecule has 0 aliphatic heterocycles. The first-order valence-electron chi connectivity index (χ1n) is 7.78. The molecule has 0 spiro atoms. The molecule has 0 heterocycles. The van der Waals surface area contributed by atoms with Crippen molar-refractivity contribution in [2.24, 2.45) is 0 Å². The lowest BCUT2D eigenvalue weighted by Crippen LogP contribution is -2.32. The summed E-state index contributed by atoms with van der Waals surface area (Å²) in [6.07, 6.45) is 7.03. The van der Waals surface area contributed by atoms with Gasteiger partial charge in [0.2, 0.25) is 0 Å². The van der Waals surface area contributed by atoms with Crippen molar-refractivity contribution in [2.75, 3.05) is 13.6 Å². The highest BCUT2D eigenvalue weighted by Gasteiger charge is 2.17. The van der Waals surface area contributed by atoms with E-state index in [0.29, 0.717) is 0 Å². The minimum Gasteiger partial charge on any atom is -0.313 e. The van der Waals surface area contributed by atoms with E-state index < -0.39 is 0 Å². The van der Waals surface area contributed by atoms with Crippen molar-refractivity contribution in [2.45, 2.75) is 58.2 Å². The van der Waals surface area contributed by atoms with E-state index in [4.69, 9.17) is 0 Å². The zero-order chi connectivity index (χ0) is 13.5. The van der Waals surface area contributed by atoms with Gasteiger partial charge in [0.05, 0.1) is 0 Å². The molecule has 0 amide bonds. The van der Waals surface area contributed by atoms with E-state index in [9.17, 15) is 0 Å². The molecule has 1 aromatic carbocycles. The Balaban J connectivity index is 1.84. The Morgan fingerprint density at radius 2 is 1.68 bits per heavy atom. The Kier molecular flexibility index (Phi) is 5.87. The smallest absolute Gasteiger partial charge is 0.0233 e. The SMILES string of the molecule is CCNCc1ccc(CN(C)C2CCCCC2)cc1. The molecule has 0 aromatic heterocycles. The zero-order valence-electron chi connectivity index (χ0n) is 12.5. The Morgan fingerprint density at radius 3 is 2.32 bits per heavy atom. The summed E-state index contributed by atoms with van der Waals surface area (Å²) in [6, 6.07) is 9.88. The molecule has 1 aliphatic rings. The van der Waals surface area contributed by atoms with Gasteiger partial charge in [0.25, 0.3) is 0 Å². The lowest BCUT2D eigenvalue weighted by Gasteiger charge is -2.31. The Hall–Kier alpha value is -0.860. The molecule has 0 radical (unpaired) electrons. The number of benzene rings is 1. The number of nitrogens with zero attached hydrogens (tertiary/aromatic N) is 1. The van der Waals surface area contributed by atoms with Crippen molar-refractivity contribution < 1.29 is 0 Å². The zero-order valence-corrected chi connectivity index (χ0v) is 12.5. The third-order valence-electron chi connectivity index (χ3n) is 4.23. The summed E-state index contributed by atoms with van der Waals surface area (Å²) in [7, 11) is 2.28. The average Bonchev–Trinajstić information content (AvgIpc) is 2.47. The van der Waals surface area contributed by atoms with E-state index in [1.807, 2.05) is 0 Å². The molecule has 2 nitrogen and oxygen atoms in total. The summed E-state index contributed by atoms with van der Waals surface area (Å²) < 4.78 is 0. The van der Waals surface area contributed by atoms with Gasteiger partial charge in [-0.1, -0.05) is 50.5 Å². The van der Waals surface area contributed by atoms with Crippen LogP contribution in [0.15, 0.2) is 24.3 Å². The highest BCUT2D eigenvalue weighted by atomic mass is 15.1. The number of nitrogens with one attached hydrogen (secondary N) is 1. The van der Waals surface area contributed by atoms with E-state index in [1.165, 1.54) is 43.2 Å². The fraction of sp³-hybridized carbons (Fsp3) is 0.647. The van der Waals surface area contributed by atoms with E-state index >= 15 is 0 Å². The molecule has 1 fully saturated rings.